The van der Waals surface area contributed by atoms with Crippen molar-refractivity contribution in [2.24, 2.45) is 12.8 Å². The van der Waals surface area contributed by atoms with Gasteiger partial charge >= 0.3 is 0 Å². The van der Waals surface area contributed by atoms with E-state index in [2.05, 4.69) is 15.2 Å². The summed E-state index contributed by atoms with van der Waals surface area (Å²) in [6.45, 7) is 2.05. The van der Waals surface area contributed by atoms with Gasteiger partial charge in [0, 0.05) is 40.3 Å². The van der Waals surface area contributed by atoms with Crippen LogP contribution in [0.2, 0.25) is 0 Å². The molecule has 2 aromatic heterocycles. The van der Waals surface area contributed by atoms with E-state index in [1.807, 2.05) is 34.9 Å². The Kier molecular flexibility index (Phi) is 6.13. The minimum absolute atomic E-state index is 0.0390. The van der Waals surface area contributed by atoms with Gasteiger partial charge in [0.15, 0.2) is 11.2 Å². The average Bonchev–Trinajstić information content (AvgIpc) is 3.13. The molecule has 0 radical (unpaired) electrons. The van der Waals surface area contributed by atoms with Crippen LogP contribution in [0.3, 0.4) is 0 Å². The Hall–Kier alpha value is -3.40. The number of fused-ring (bicyclic) bond motifs is 1. The summed E-state index contributed by atoms with van der Waals surface area (Å²) in [5, 5.41) is 2.97. The number of carbonyl (C=O) groups is 1. The first-order valence-corrected chi connectivity index (χ1v) is 10.8. The number of benzene rings is 1. The second-order valence-electron chi connectivity index (χ2n) is 8.45. The molecule has 0 bridgehead atoms. The molecule has 3 aromatic rings. The molecule has 1 aliphatic rings. The zero-order valence-corrected chi connectivity index (χ0v) is 18.8. The van der Waals surface area contributed by atoms with Gasteiger partial charge in [-0.25, -0.2) is 0 Å². The van der Waals surface area contributed by atoms with E-state index in [4.69, 9.17) is 10.7 Å². The van der Waals surface area contributed by atoms with Gasteiger partial charge in [0.2, 0.25) is 17.8 Å². The molecule has 1 atom stereocenters. The Morgan fingerprint density at radius 2 is 2.00 bits per heavy atom. The van der Waals surface area contributed by atoms with E-state index >= 15 is 0 Å². The van der Waals surface area contributed by atoms with E-state index in [0.29, 0.717) is 36.2 Å². The number of likely N-dealkylation sites (N-methyl/N-ethyl adjacent to an activating group) is 1. The molecule has 1 aliphatic heterocycles. The number of hydrogen-bond acceptors (Lipinski definition) is 7. The largest absolute Gasteiger partial charge is 0.347 e. The number of amides is 1. The quantitative estimate of drug-likeness (QED) is 0.579. The van der Waals surface area contributed by atoms with Crippen LogP contribution >= 0.6 is 0 Å². The van der Waals surface area contributed by atoms with Crippen molar-refractivity contribution in [3.05, 3.63) is 46.2 Å². The molecule has 32 heavy (non-hydrogen) atoms. The van der Waals surface area contributed by atoms with Crippen LogP contribution in [-0.2, 0) is 18.4 Å². The van der Waals surface area contributed by atoms with Crippen molar-refractivity contribution in [2.45, 2.75) is 25.4 Å². The van der Waals surface area contributed by atoms with Gasteiger partial charge in [-0.3, -0.25) is 18.7 Å². The van der Waals surface area contributed by atoms with Crippen LogP contribution in [-0.4, -0.2) is 69.7 Å². The Balaban J connectivity index is 1.80. The SMILES string of the molecule is CN(C)C(=O)CNc1nc2nc(N3CCCC(N)C3)n(Cc3ccccc3)c2c(=O)n1C. The lowest BCUT2D eigenvalue weighted by Gasteiger charge is -2.31. The van der Waals surface area contributed by atoms with Crippen LogP contribution in [0.5, 0.6) is 0 Å². The Morgan fingerprint density at radius 3 is 2.69 bits per heavy atom. The topological polar surface area (TPSA) is 114 Å². The number of piperidine rings is 1. The summed E-state index contributed by atoms with van der Waals surface area (Å²) in [5.74, 6) is 0.894. The highest BCUT2D eigenvalue weighted by molar-refractivity contribution is 5.80. The standard InChI is InChI=1S/C22H30N8O2/c1-27(2)17(31)12-24-21-25-19-18(20(32)28(21)3)30(13-15-8-5-4-6-9-15)22(26-19)29-11-7-10-16(23)14-29/h4-6,8-9,16H,7,10-14,23H2,1-3H3,(H,24,25). The Morgan fingerprint density at radius 1 is 1.25 bits per heavy atom. The first kappa shape index (κ1) is 21.8. The maximum Gasteiger partial charge on any atom is 0.281 e. The van der Waals surface area contributed by atoms with Gasteiger partial charge in [-0.05, 0) is 18.4 Å². The third-order valence-corrected chi connectivity index (χ3v) is 5.79. The van der Waals surface area contributed by atoms with Crippen molar-refractivity contribution >= 4 is 29.0 Å². The molecule has 10 heteroatoms. The predicted octanol–water partition coefficient (Wildman–Crippen LogP) is 0.606. The molecule has 3 N–H and O–H groups in total. The second kappa shape index (κ2) is 8.99. The number of nitrogens with two attached hydrogens (primary N) is 1. The van der Waals surface area contributed by atoms with Crippen LogP contribution in [0.25, 0.3) is 11.2 Å². The van der Waals surface area contributed by atoms with Crippen molar-refractivity contribution < 1.29 is 4.79 Å². The summed E-state index contributed by atoms with van der Waals surface area (Å²) in [5.41, 5.74) is 7.87. The lowest BCUT2D eigenvalue weighted by Crippen LogP contribution is -2.44. The average molecular weight is 439 g/mol. The van der Waals surface area contributed by atoms with Crippen molar-refractivity contribution in [1.29, 1.82) is 0 Å². The van der Waals surface area contributed by atoms with Crippen LogP contribution in [0.15, 0.2) is 35.1 Å². The van der Waals surface area contributed by atoms with Crippen LogP contribution in [0, 0.1) is 0 Å². The van der Waals surface area contributed by atoms with Gasteiger partial charge in [-0.15, -0.1) is 0 Å². The molecular weight excluding hydrogens is 408 g/mol. The minimum Gasteiger partial charge on any atom is -0.347 e. The van der Waals surface area contributed by atoms with Gasteiger partial charge in [0.25, 0.3) is 5.56 Å². The summed E-state index contributed by atoms with van der Waals surface area (Å²) >= 11 is 0. The van der Waals surface area contributed by atoms with Crippen molar-refractivity contribution in [3.63, 3.8) is 0 Å². The summed E-state index contributed by atoms with van der Waals surface area (Å²) in [7, 11) is 5.01. The first-order valence-electron chi connectivity index (χ1n) is 10.8. The number of anilines is 2. The maximum atomic E-state index is 13.4. The van der Waals surface area contributed by atoms with E-state index in [-0.39, 0.29) is 24.1 Å². The fraction of sp³-hybridized carbons (Fsp3) is 0.455. The number of hydrogen-bond donors (Lipinski definition) is 2. The first-order chi connectivity index (χ1) is 15.3. The third-order valence-electron chi connectivity index (χ3n) is 5.79. The molecule has 1 fully saturated rings. The Bertz CT molecular complexity index is 1170. The minimum atomic E-state index is -0.217. The van der Waals surface area contributed by atoms with Gasteiger partial charge in [0.05, 0.1) is 13.1 Å². The zero-order valence-electron chi connectivity index (χ0n) is 18.8. The summed E-state index contributed by atoms with van der Waals surface area (Å²) < 4.78 is 3.37. The number of aromatic nitrogens is 4. The molecule has 1 unspecified atom stereocenters. The van der Waals surface area contributed by atoms with E-state index < -0.39 is 0 Å². The second-order valence-corrected chi connectivity index (χ2v) is 8.45. The molecule has 170 valence electrons. The normalized spacial score (nSPS) is 16.4. The molecule has 0 saturated carbocycles. The molecule has 3 heterocycles. The molecule has 4 rings (SSSR count). The lowest BCUT2D eigenvalue weighted by atomic mass is 10.1. The van der Waals surface area contributed by atoms with E-state index in [9.17, 15) is 9.59 Å². The zero-order chi connectivity index (χ0) is 22.8. The molecule has 0 aliphatic carbocycles. The molecule has 10 nitrogen and oxygen atoms in total. The molecule has 0 spiro atoms. The Labute approximate surface area is 186 Å². The highest BCUT2D eigenvalue weighted by Gasteiger charge is 2.25. The van der Waals surface area contributed by atoms with Crippen molar-refractivity contribution in [3.8, 4) is 0 Å². The fourth-order valence-corrected chi connectivity index (χ4v) is 3.97. The van der Waals surface area contributed by atoms with Crippen molar-refractivity contribution in [1.82, 2.24) is 24.0 Å². The summed E-state index contributed by atoms with van der Waals surface area (Å²) in [6.07, 6.45) is 1.95. The van der Waals surface area contributed by atoms with Gasteiger partial charge in [-0.1, -0.05) is 30.3 Å². The molecular formula is C22H30N8O2. The fourth-order valence-electron chi connectivity index (χ4n) is 3.97. The summed E-state index contributed by atoms with van der Waals surface area (Å²) in [4.78, 5) is 38.3. The number of imidazole rings is 1. The van der Waals surface area contributed by atoms with Crippen LogP contribution in [0.1, 0.15) is 18.4 Å². The maximum absolute atomic E-state index is 13.4. The highest BCUT2D eigenvalue weighted by atomic mass is 16.2. The van der Waals surface area contributed by atoms with Gasteiger partial charge in [-0.2, -0.15) is 9.97 Å². The van der Waals surface area contributed by atoms with E-state index in [0.717, 1.165) is 24.9 Å². The van der Waals surface area contributed by atoms with E-state index in [1.165, 1.54) is 9.47 Å². The molecule has 1 amide bonds. The lowest BCUT2D eigenvalue weighted by molar-refractivity contribution is -0.126. The predicted molar refractivity (Wildman–Crippen MR) is 125 cm³/mol. The van der Waals surface area contributed by atoms with Crippen LogP contribution < -0.4 is 21.5 Å². The highest BCUT2D eigenvalue weighted by Crippen LogP contribution is 2.24. The number of nitrogens with zero attached hydrogens (tertiary/aromatic N) is 6. The van der Waals surface area contributed by atoms with Crippen molar-refractivity contribution in [2.75, 3.05) is 43.9 Å². The molecule has 1 aromatic carbocycles. The summed E-state index contributed by atoms with van der Waals surface area (Å²) in [6, 6.07) is 10.0. The monoisotopic (exact) mass is 438 g/mol. The van der Waals surface area contributed by atoms with Gasteiger partial charge in [0.1, 0.15) is 0 Å². The smallest absolute Gasteiger partial charge is 0.281 e. The molecule has 1 saturated heterocycles. The number of rotatable bonds is 6. The van der Waals surface area contributed by atoms with E-state index in [1.54, 1.807) is 21.1 Å². The number of nitrogens with one attached hydrogen (secondary N) is 1. The third kappa shape index (κ3) is 4.31. The van der Waals surface area contributed by atoms with Crippen LogP contribution in [0.4, 0.5) is 11.9 Å². The van der Waals surface area contributed by atoms with Gasteiger partial charge < -0.3 is 20.9 Å². The number of carbonyl (C=O) groups excluding carboxylic acids is 1.